The summed E-state index contributed by atoms with van der Waals surface area (Å²) in [5, 5.41) is 4.90. The van der Waals surface area contributed by atoms with Crippen molar-refractivity contribution in [2.75, 3.05) is 25.0 Å². The van der Waals surface area contributed by atoms with Gasteiger partial charge < -0.3 is 10.6 Å². The molecule has 156 valence electrons. The lowest BCUT2D eigenvalue weighted by molar-refractivity contribution is -0.692. The molecule has 29 heavy (non-hydrogen) atoms. The number of sulfonamides is 1. The summed E-state index contributed by atoms with van der Waals surface area (Å²) in [7, 11) is -3.43. The number of amides is 1. The van der Waals surface area contributed by atoms with E-state index in [4.69, 9.17) is 0 Å². The van der Waals surface area contributed by atoms with Crippen molar-refractivity contribution in [3.05, 3.63) is 60.2 Å². The van der Waals surface area contributed by atoms with Crippen LogP contribution in [-0.4, -0.2) is 38.3 Å². The molecular weight excluding hydrogens is 386 g/mol. The van der Waals surface area contributed by atoms with Gasteiger partial charge in [-0.15, -0.1) is 0 Å². The Morgan fingerprint density at radius 3 is 2.24 bits per heavy atom. The minimum Gasteiger partial charge on any atom is -0.332 e. The van der Waals surface area contributed by atoms with Gasteiger partial charge in [0.15, 0.2) is 6.54 Å². The molecule has 1 heterocycles. The number of nitrogens with zero attached hydrogens (tertiary/aromatic N) is 1. The first-order valence-electron chi connectivity index (χ1n) is 10.2. The lowest BCUT2D eigenvalue weighted by Gasteiger charge is -2.19. The number of quaternary nitrogens is 1. The quantitative estimate of drug-likeness (QED) is 0.693. The van der Waals surface area contributed by atoms with Crippen LogP contribution >= 0.6 is 0 Å². The molecule has 7 heteroatoms. The minimum atomic E-state index is -3.43. The molecule has 0 radical (unpaired) electrons. The van der Waals surface area contributed by atoms with Gasteiger partial charge in [0.2, 0.25) is 10.0 Å². The van der Waals surface area contributed by atoms with Crippen molar-refractivity contribution >= 4 is 21.6 Å². The van der Waals surface area contributed by atoms with Crippen LogP contribution in [0.2, 0.25) is 0 Å². The normalized spacial score (nSPS) is 16.1. The van der Waals surface area contributed by atoms with E-state index in [2.05, 4.69) is 31.3 Å². The average molecular weight is 417 g/mol. The van der Waals surface area contributed by atoms with Gasteiger partial charge in [-0.2, -0.15) is 4.31 Å². The average Bonchev–Trinajstić information content (AvgIpc) is 3.25. The fourth-order valence-electron chi connectivity index (χ4n) is 3.70. The summed E-state index contributed by atoms with van der Waals surface area (Å²) >= 11 is 0. The highest BCUT2D eigenvalue weighted by molar-refractivity contribution is 7.89. The van der Waals surface area contributed by atoms with Crippen LogP contribution in [0.15, 0.2) is 59.5 Å². The Hall–Kier alpha value is -2.22. The predicted molar refractivity (Wildman–Crippen MR) is 114 cm³/mol. The van der Waals surface area contributed by atoms with Crippen LogP contribution in [0.3, 0.4) is 0 Å². The predicted octanol–water partition coefficient (Wildman–Crippen LogP) is 2.37. The maximum atomic E-state index is 12.6. The van der Waals surface area contributed by atoms with Gasteiger partial charge in [0.25, 0.3) is 5.91 Å². The maximum absolute atomic E-state index is 12.6. The molecule has 1 aliphatic heterocycles. The van der Waals surface area contributed by atoms with Crippen molar-refractivity contribution in [3.63, 3.8) is 0 Å². The summed E-state index contributed by atoms with van der Waals surface area (Å²) in [5.41, 5.74) is 1.80. The largest absolute Gasteiger partial charge is 0.332 e. The van der Waals surface area contributed by atoms with Crippen molar-refractivity contribution < 1.29 is 18.5 Å². The molecule has 0 aromatic heterocycles. The number of carbonyl (C=O) groups excluding carboxylic acids is 1. The molecule has 0 unspecified atom stereocenters. The van der Waals surface area contributed by atoms with Crippen LogP contribution in [0.1, 0.15) is 38.3 Å². The number of hydrogen-bond donors (Lipinski definition) is 2. The lowest BCUT2D eigenvalue weighted by atomic mass is 9.96. The first-order chi connectivity index (χ1) is 13.9. The van der Waals surface area contributed by atoms with Crippen molar-refractivity contribution in [1.29, 1.82) is 0 Å². The van der Waals surface area contributed by atoms with Crippen molar-refractivity contribution in [1.82, 2.24) is 4.31 Å². The molecule has 1 fully saturated rings. The Balaban J connectivity index is 1.58. The summed E-state index contributed by atoms with van der Waals surface area (Å²) < 4.78 is 26.7. The van der Waals surface area contributed by atoms with Crippen LogP contribution in [0.5, 0.6) is 0 Å². The number of rotatable bonds is 8. The first kappa shape index (κ1) is 21.5. The second-order valence-corrected chi connectivity index (χ2v) is 9.74. The smallest absolute Gasteiger partial charge is 0.279 e. The third-order valence-corrected chi connectivity index (χ3v) is 7.21. The molecule has 1 amide bonds. The highest BCUT2D eigenvalue weighted by atomic mass is 32.2. The molecule has 0 saturated carbocycles. The molecule has 0 bridgehead atoms. The number of anilines is 1. The fraction of sp³-hybridized carbons (Fsp3) is 0.409. The van der Waals surface area contributed by atoms with E-state index in [-0.39, 0.29) is 16.8 Å². The third-order valence-electron chi connectivity index (χ3n) is 5.30. The Bertz CT molecular complexity index is 906. The number of nitrogens with two attached hydrogens (primary N) is 1. The summed E-state index contributed by atoms with van der Waals surface area (Å²) in [6, 6.07) is 16.8. The van der Waals surface area contributed by atoms with Crippen molar-refractivity contribution in [3.8, 4) is 0 Å². The van der Waals surface area contributed by atoms with Gasteiger partial charge in [-0.1, -0.05) is 44.2 Å². The molecule has 6 nitrogen and oxygen atoms in total. The van der Waals surface area contributed by atoms with E-state index in [1.165, 1.54) is 9.87 Å². The van der Waals surface area contributed by atoms with Crippen LogP contribution in [0.4, 0.5) is 5.69 Å². The number of carbonyl (C=O) groups is 1. The molecule has 3 N–H and O–H groups in total. The summed E-state index contributed by atoms with van der Waals surface area (Å²) in [4.78, 5) is 12.7. The molecule has 0 aliphatic carbocycles. The Kier molecular flexibility index (Phi) is 7.05. The van der Waals surface area contributed by atoms with E-state index >= 15 is 0 Å². The molecule has 2 aromatic carbocycles. The van der Waals surface area contributed by atoms with Gasteiger partial charge >= 0.3 is 0 Å². The SMILES string of the molecule is CC(C)[C@@H]([NH2+]CC(=O)Nc1ccc(S(=O)(=O)N2CCCC2)cc1)c1ccccc1. The van der Waals surface area contributed by atoms with E-state index in [1.807, 2.05) is 23.5 Å². The van der Waals surface area contributed by atoms with Gasteiger partial charge in [0, 0.05) is 30.3 Å². The standard InChI is InChI=1S/C22H29N3O3S/c1-17(2)22(18-8-4-3-5-9-18)23-16-21(26)24-19-10-12-20(13-11-19)29(27,28)25-14-6-7-15-25/h3-5,8-13,17,22-23H,6-7,14-16H2,1-2H3,(H,24,26)/p+1/t22-/m1/s1. The summed E-state index contributed by atoms with van der Waals surface area (Å²) in [6.07, 6.45) is 1.81. The number of nitrogens with one attached hydrogen (secondary N) is 1. The lowest BCUT2D eigenvalue weighted by Crippen LogP contribution is -2.88. The van der Waals surface area contributed by atoms with E-state index in [1.54, 1.807) is 24.3 Å². The van der Waals surface area contributed by atoms with Crippen LogP contribution < -0.4 is 10.6 Å². The molecule has 2 aromatic rings. The molecule has 0 spiro atoms. The van der Waals surface area contributed by atoms with Gasteiger partial charge in [-0.05, 0) is 37.1 Å². The highest BCUT2D eigenvalue weighted by Gasteiger charge is 2.27. The molecule has 1 aliphatic rings. The maximum Gasteiger partial charge on any atom is 0.279 e. The van der Waals surface area contributed by atoms with E-state index in [9.17, 15) is 13.2 Å². The second kappa shape index (κ2) is 9.52. The Morgan fingerprint density at radius 2 is 1.66 bits per heavy atom. The highest BCUT2D eigenvalue weighted by Crippen LogP contribution is 2.22. The van der Waals surface area contributed by atoms with E-state index in [0.717, 1.165) is 12.8 Å². The zero-order valence-electron chi connectivity index (χ0n) is 17.0. The van der Waals surface area contributed by atoms with Crippen molar-refractivity contribution in [2.24, 2.45) is 5.92 Å². The van der Waals surface area contributed by atoms with E-state index < -0.39 is 10.0 Å². The van der Waals surface area contributed by atoms with Crippen LogP contribution in [0, 0.1) is 5.92 Å². The third kappa shape index (κ3) is 5.44. The van der Waals surface area contributed by atoms with Gasteiger partial charge in [0.05, 0.1) is 4.90 Å². The monoisotopic (exact) mass is 416 g/mol. The van der Waals surface area contributed by atoms with Crippen molar-refractivity contribution in [2.45, 2.75) is 37.6 Å². The minimum absolute atomic E-state index is 0.110. The zero-order chi connectivity index (χ0) is 20.9. The Morgan fingerprint density at radius 1 is 1.03 bits per heavy atom. The number of hydrogen-bond acceptors (Lipinski definition) is 3. The Labute approximate surface area is 173 Å². The van der Waals surface area contributed by atoms with Crippen LogP contribution in [-0.2, 0) is 14.8 Å². The molecule has 1 atom stereocenters. The summed E-state index contributed by atoms with van der Waals surface area (Å²) in [5.74, 6) is 0.280. The van der Waals surface area contributed by atoms with E-state index in [0.29, 0.717) is 31.2 Å². The van der Waals surface area contributed by atoms with Gasteiger partial charge in [-0.3, -0.25) is 4.79 Å². The number of benzene rings is 2. The summed E-state index contributed by atoms with van der Waals surface area (Å²) in [6.45, 7) is 5.74. The topological polar surface area (TPSA) is 83.1 Å². The molecular formula is C22H30N3O3S+. The van der Waals surface area contributed by atoms with Gasteiger partial charge in [0.1, 0.15) is 6.04 Å². The van der Waals surface area contributed by atoms with Crippen LogP contribution in [0.25, 0.3) is 0 Å². The zero-order valence-corrected chi connectivity index (χ0v) is 17.9. The first-order valence-corrected chi connectivity index (χ1v) is 11.6. The molecule has 3 rings (SSSR count). The fourth-order valence-corrected chi connectivity index (χ4v) is 5.22. The second-order valence-electron chi connectivity index (χ2n) is 7.80. The molecule has 1 saturated heterocycles. The van der Waals surface area contributed by atoms with Gasteiger partial charge in [-0.25, -0.2) is 8.42 Å².